The molecule has 4 nitrogen and oxygen atoms in total. The summed E-state index contributed by atoms with van der Waals surface area (Å²) in [6.45, 7) is 0. The lowest BCUT2D eigenvalue weighted by Crippen LogP contribution is -2.17. The Morgan fingerprint density at radius 2 is 2.19 bits per heavy atom. The fourth-order valence-electron chi connectivity index (χ4n) is 2.14. The Labute approximate surface area is 126 Å². The van der Waals surface area contributed by atoms with E-state index in [0.717, 1.165) is 0 Å². The normalized spacial score (nSPS) is 12.3. The second-order valence-corrected chi connectivity index (χ2v) is 5.00. The minimum atomic E-state index is -0.495. The smallest absolute Gasteiger partial charge is 0.164 e. The Hall–Kier alpha value is -2.27. The van der Waals surface area contributed by atoms with Gasteiger partial charge in [0.15, 0.2) is 5.82 Å². The summed E-state index contributed by atoms with van der Waals surface area (Å²) in [5.41, 5.74) is 0.298. The Kier molecular flexibility index (Phi) is 3.66. The summed E-state index contributed by atoms with van der Waals surface area (Å²) in [4.78, 5) is 4.31. The first-order chi connectivity index (χ1) is 10.2. The van der Waals surface area contributed by atoms with Gasteiger partial charge in [-0.05, 0) is 24.3 Å². The quantitative estimate of drug-likeness (QED) is 0.792. The molecule has 1 atom stereocenters. The van der Waals surface area contributed by atoms with Crippen molar-refractivity contribution in [2.45, 2.75) is 6.04 Å². The number of furan rings is 1. The van der Waals surface area contributed by atoms with Crippen molar-refractivity contribution in [3.05, 3.63) is 71.4 Å². The highest BCUT2D eigenvalue weighted by Crippen LogP contribution is 2.29. The SMILES string of the molecule is Cn1ccnc1C(Nc1cccc(Cl)c1F)c1ccco1. The summed E-state index contributed by atoms with van der Waals surface area (Å²) in [7, 11) is 1.87. The molecule has 0 bridgehead atoms. The van der Waals surface area contributed by atoms with Crippen molar-refractivity contribution in [1.82, 2.24) is 9.55 Å². The summed E-state index contributed by atoms with van der Waals surface area (Å²) in [5, 5.41) is 3.16. The maximum absolute atomic E-state index is 14.1. The Balaban J connectivity index is 2.01. The summed E-state index contributed by atoms with van der Waals surface area (Å²) >= 11 is 5.82. The van der Waals surface area contributed by atoms with Gasteiger partial charge in [-0.25, -0.2) is 9.37 Å². The highest BCUT2D eigenvalue weighted by Gasteiger charge is 2.22. The number of anilines is 1. The summed E-state index contributed by atoms with van der Waals surface area (Å²) in [6.07, 6.45) is 5.07. The molecule has 1 N–H and O–H groups in total. The molecule has 6 heteroatoms. The number of hydrogen-bond donors (Lipinski definition) is 1. The second-order valence-electron chi connectivity index (χ2n) is 4.59. The molecule has 1 aromatic carbocycles. The number of nitrogens with one attached hydrogen (secondary N) is 1. The average Bonchev–Trinajstić information content (AvgIpc) is 3.12. The van der Waals surface area contributed by atoms with Crippen LogP contribution in [0.2, 0.25) is 5.02 Å². The standard InChI is InChI=1S/C15H13ClFN3O/c1-20-8-7-18-15(20)14(12-6-3-9-21-12)19-11-5-2-4-10(16)13(11)17/h2-9,14,19H,1H3. The third-order valence-corrected chi connectivity index (χ3v) is 3.49. The van der Waals surface area contributed by atoms with E-state index in [-0.39, 0.29) is 5.02 Å². The van der Waals surface area contributed by atoms with Gasteiger partial charge in [-0.1, -0.05) is 17.7 Å². The van der Waals surface area contributed by atoms with Gasteiger partial charge in [0, 0.05) is 19.4 Å². The highest BCUT2D eigenvalue weighted by atomic mass is 35.5. The number of rotatable bonds is 4. The van der Waals surface area contributed by atoms with Crippen LogP contribution in [0.15, 0.2) is 53.4 Å². The number of halogens is 2. The van der Waals surface area contributed by atoms with Gasteiger partial charge in [-0.3, -0.25) is 0 Å². The van der Waals surface area contributed by atoms with E-state index in [1.54, 1.807) is 30.7 Å². The van der Waals surface area contributed by atoms with E-state index in [4.69, 9.17) is 16.0 Å². The van der Waals surface area contributed by atoms with Gasteiger partial charge in [0.25, 0.3) is 0 Å². The van der Waals surface area contributed by atoms with E-state index >= 15 is 0 Å². The maximum atomic E-state index is 14.1. The molecule has 2 heterocycles. The minimum Gasteiger partial charge on any atom is -0.467 e. The van der Waals surface area contributed by atoms with Crippen LogP contribution in [0.5, 0.6) is 0 Å². The number of nitrogens with zero attached hydrogens (tertiary/aromatic N) is 2. The summed E-state index contributed by atoms with van der Waals surface area (Å²) < 4.78 is 21.4. The zero-order chi connectivity index (χ0) is 14.8. The third-order valence-electron chi connectivity index (χ3n) is 3.20. The molecule has 0 saturated heterocycles. The van der Waals surface area contributed by atoms with Crippen LogP contribution < -0.4 is 5.32 Å². The second kappa shape index (κ2) is 5.61. The van der Waals surface area contributed by atoms with Crippen molar-refractivity contribution in [2.24, 2.45) is 7.05 Å². The van der Waals surface area contributed by atoms with Gasteiger partial charge < -0.3 is 14.3 Å². The molecule has 0 radical (unpaired) electrons. The molecule has 0 spiro atoms. The molecule has 3 rings (SSSR count). The zero-order valence-corrected chi connectivity index (χ0v) is 12.0. The van der Waals surface area contributed by atoms with Crippen LogP contribution in [0.3, 0.4) is 0 Å². The van der Waals surface area contributed by atoms with Crippen LogP contribution in [-0.2, 0) is 7.05 Å². The molecule has 0 amide bonds. The molecule has 0 aliphatic heterocycles. The molecule has 0 aliphatic rings. The third kappa shape index (κ3) is 2.64. The van der Waals surface area contributed by atoms with Crippen molar-refractivity contribution in [2.75, 3.05) is 5.32 Å². The van der Waals surface area contributed by atoms with E-state index in [9.17, 15) is 4.39 Å². The molecular weight excluding hydrogens is 293 g/mol. The van der Waals surface area contributed by atoms with Crippen LogP contribution in [0.25, 0.3) is 0 Å². The van der Waals surface area contributed by atoms with E-state index < -0.39 is 11.9 Å². The molecule has 0 saturated carbocycles. The number of aromatic nitrogens is 2. The van der Waals surface area contributed by atoms with Crippen LogP contribution >= 0.6 is 11.6 Å². The van der Waals surface area contributed by atoms with Crippen molar-refractivity contribution in [3.63, 3.8) is 0 Å². The molecular formula is C15H13ClFN3O. The fourth-order valence-corrected chi connectivity index (χ4v) is 2.32. The highest BCUT2D eigenvalue weighted by molar-refractivity contribution is 6.31. The van der Waals surface area contributed by atoms with Crippen molar-refractivity contribution in [3.8, 4) is 0 Å². The van der Waals surface area contributed by atoms with Gasteiger partial charge in [0.05, 0.1) is 17.0 Å². The van der Waals surface area contributed by atoms with Crippen molar-refractivity contribution >= 4 is 17.3 Å². The number of benzene rings is 1. The topological polar surface area (TPSA) is 43.0 Å². The lowest BCUT2D eigenvalue weighted by Gasteiger charge is -2.18. The predicted octanol–water partition coefficient (Wildman–Crippen LogP) is 4.01. The molecule has 2 aromatic heterocycles. The number of aryl methyl sites for hydroxylation is 1. The monoisotopic (exact) mass is 305 g/mol. The first-order valence-corrected chi connectivity index (χ1v) is 6.76. The zero-order valence-electron chi connectivity index (χ0n) is 11.3. The van der Waals surface area contributed by atoms with Gasteiger partial charge in [-0.15, -0.1) is 0 Å². The Bertz CT molecular complexity index is 739. The first-order valence-electron chi connectivity index (χ1n) is 6.38. The number of hydrogen-bond acceptors (Lipinski definition) is 3. The predicted molar refractivity (Wildman–Crippen MR) is 78.8 cm³/mol. The summed E-state index contributed by atoms with van der Waals surface area (Å²) in [6, 6.07) is 8.00. The Morgan fingerprint density at radius 1 is 1.33 bits per heavy atom. The first kappa shape index (κ1) is 13.7. The van der Waals surface area contributed by atoms with E-state index in [1.807, 2.05) is 23.9 Å². The van der Waals surface area contributed by atoms with Crippen molar-refractivity contribution < 1.29 is 8.81 Å². The van der Waals surface area contributed by atoms with Gasteiger partial charge in [0.1, 0.15) is 17.6 Å². The lowest BCUT2D eigenvalue weighted by atomic mass is 10.2. The Morgan fingerprint density at radius 3 is 2.86 bits per heavy atom. The van der Waals surface area contributed by atoms with E-state index in [0.29, 0.717) is 17.3 Å². The van der Waals surface area contributed by atoms with Crippen LogP contribution in [0, 0.1) is 5.82 Å². The maximum Gasteiger partial charge on any atom is 0.164 e. The average molecular weight is 306 g/mol. The molecule has 21 heavy (non-hydrogen) atoms. The van der Waals surface area contributed by atoms with E-state index in [1.165, 1.54) is 6.07 Å². The van der Waals surface area contributed by atoms with E-state index in [2.05, 4.69) is 10.3 Å². The van der Waals surface area contributed by atoms with Crippen LogP contribution in [0.4, 0.5) is 10.1 Å². The van der Waals surface area contributed by atoms with Crippen molar-refractivity contribution in [1.29, 1.82) is 0 Å². The van der Waals surface area contributed by atoms with Gasteiger partial charge in [-0.2, -0.15) is 0 Å². The molecule has 0 fully saturated rings. The fraction of sp³-hybridized carbons (Fsp3) is 0.133. The van der Waals surface area contributed by atoms with Crippen LogP contribution in [0.1, 0.15) is 17.6 Å². The van der Waals surface area contributed by atoms with Gasteiger partial charge >= 0.3 is 0 Å². The molecule has 3 aromatic rings. The van der Waals surface area contributed by atoms with Gasteiger partial charge in [0.2, 0.25) is 0 Å². The molecule has 0 aliphatic carbocycles. The largest absolute Gasteiger partial charge is 0.467 e. The van der Waals surface area contributed by atoms with Crippen LogP contribution in [-0.4, -0.2) is 9.55 Å². The number of imidazole rings is 1. The lowest BCUT2D eigenvalue weighted by molar-refractivity contribution is 0.487. The molecule has 108 valence electrons. The minimum absolute atomic E-state index is 0.0676. The molecule has 1 unspecified atom stereocenters. The summed E-state index contributed by atoms with van der Waals surface area (Å²) in [5.74, 6) is 0.859.